The van der Waals surface area contributed by atoms with Crippen LogP contribution in [0.2, 0.25) is 0 Å². The monoisotopic (exact) mass is 281 g/mol. The van der Waals surface area contributed by atoms with E-state index in [1.165, 1.54) is 0 Å². The standard InChI is InChI=1S/C12H19N5OS/c1-2-15(7-3-6-13)9-16-12(19)17(10-4-5-10)11(8-18)14-16/h10,18H,2-5,7-9H2,1H3. The van der Waals surface area contributed by atoms with Gasteiger partial charge in [-0.3, -0.25) is 9.47 Å². The van der Waals surface area contributed by atoms with Crippen LogP contribution in [0.3, 0.4) is 0 Å². The van der Waals surface area contributed by atoms with Crippen LogP contribution in [0, 0.1) is 16.1 Å². The summed E-state index contributed by atoms with van der Waals surface area (Å²) in [4.78, 5) is 2.12. The maximum Gasteiger partial charge on any atom is 0.199 e. The predicted octanol–water partition coefficient (Wildman–Crippen LogP) is 1.43. The van der Waals surface area contributed by atoms with Crippen LogP contribution < -0.4 is 0 Å². The summed E-state index contributed by atoms with van der Waals surface area (Å²) in [5.74, 6) is 0.642. The van der Waals surface area contributed by atoms with Gasteiger partial charge in [-0.2, -0.15) is 10.4 Å². The normalized spacial score (nSPS) is 14.8. The molecule has 1 aliphatic rings. The van der Waals surface area contributed by atoms with Crippen LogP contribution in [0.25, 0.3) is 0 Å². The minimum Gasteiger partial charge on any atom is -0.388 e. The number of aliphatic hydroxyl groups is 1. The maximum absolute atomic E-state index is 9.37. The summed E-state index contributed by atoms with van der Waals surface area (Å²) in [5, 5.41) is 22.4. The molecule has 1 aliphatic carbocycles. The molecule has 7 heteroatoms. The minimum atomic E-state index is -0.0859. The van der Waals surface area contributed by atoms with Crippen molar-refractivity contribution in [3.05, 3.63) is 10.6 Å². The van der Waals surface area contributed by atoms with Crippen molar-refractivity contribution in [2.75, 3.05) is 13.1 Å². The van der Waals surface area contributed by atoms with E-state index >= 15 is 0 Å². The molecular weight excluding hydrogens is 262 g/mol. The van der Waals surface area contributed by atoms with Crippen molar-refractivity contribution >= 4 is 12.2 Å². The van der Waals surface area contributed by atoms with Gasteiger partial charge in [0.25, 0.3) is 0 Å². The fourth-order valence-electron chi connectivity index (χ4n) is 2.09. The summed E-state index contributed by atoms with van der Waals surface area (Å²) in [7, 11) is 0. The van der Waals surface area contributed by atoms with Crippen molar-refractivity contribution < 1.29 is 5.11 Å². The summed E-state index contributed by atoms with van der Waals surface area (Å²) in [5.41, 5.74) is 0. The Hall–Kier alpha value is -1.23. The molecule has 19 heavy (non-hydrogen) atoms. The number of rotatable bonds is 7. The number of nitriles is 1. The van der Waals surface area contributed by atoms with E-state index < -0.39 is 0 Å². The topological polar surface area (TPSA) is 70.0 Å². The Morgan fingerprint density at radius 2 is 2.32 bits per heavy atom. The molecule has 1 N–H and O–H groups in total. The van der Waals surface area contributed by atoms with E-state index in [1.54, 1.807) is 4.68 Å². The summed E-state index contributed by atoms with van der Waals surface area (Å²) < 4.78 is 4.38. The number of nitrogens with zero attached hydrogens (tertiary/aromatic N) is 5. The summed E-state index contributed by atoms with van der Waals surface area (Å²) in [6, 6.07) is 2.56. The number of aromatic nitrogens is 3. The summed E-state index contributed by atoms with van der Waals surface area (Å²) in [6.45, 7) is 4.08. The van der Waals surface area contributed by atoms with Crippen LogP contribution in [0.5, 0.6) is 0 Å². The SMILES string of the molecule is CCN(CCC#N)Cn1nc(CO)n(C2CC2)c1=S. The Kier molecular flexibility index (Phi) is 4.69. The van der Waals surface area contributed by atoms with Crippen molar-refractivity contribution in [2.45, 2.75) is 45.5 Å². The number of hydrogen-bond acceptors (Lipinski definition) is 5. The molecule has 0 spiro atoms. The zero-order valence-corrected chi connectivity index (χ0v) is 11.9. The molecular formula is C12H19N5OS. The van der Waals surface area contributed by atoms with E-state index in [0.717, 1.165) is 19.4 Å². The smallest absolute Gasteiger partial charge is 0.199 e. The molecule has 1 fully saturated rings. The Labute approximate surface area is 117 Å². The van der Waals surface area contributed by atoms with Crippen molar-refractivity contribution in [3.8, 4) is 6.07 Å². The predicted molar refractivity (Wildman–Crippen MR) is 72.7 cm³/mol. The van der Waals surface area contributed by atoms with Crippen LogP contribution in [0.4, 0.5) is 0 Å². The molecule has 0 unspecified atom stereocenters. The van der Waals surface area contributed by atoms with Gasteiger partial charge in [-0.1, -0.05) is 6.92 Å². The molecule has 1 saturated carbocycles. The quantitative estimate of drug-likeness (QED) is 0.766. The molecule has 0 aliphatic heterocycles. The third-order valence-electron chi connectivity index (χ3n) is 3.32. The van der Waals surface area contributed by atoms with Crippen LogP contribution in [0.15, 0.2) is 0 Å². The molecule has 0 bridgehead atoms. The highest BCUT2D eigenvalue weighted by molar-refractivity contribution is 7.71. The first-order valence-corrected chi connectivity index (χ1v) is 7.00. The fourth-order valence-corrected chi connectivity index (χ4v) is 2.44. The lowest BCUT2D eigenvalue weighted by molar-refractivity contribution is 0.217. The molecule has 0 atom stereocenters. The average molecular weight is 281 g/mol. The van der Waals surface area contributed by atoms with Gasteiger partial charge in [0, 0.05) is 19.0 Å². The van der Waals surface area contributed by atoms with E-state index in [-0.39, 0.29) is 6.61 Å². The zero-order valence-electron chi connectivity index (χ0n) is 11.1. The fraction of sp³-hybridized carbons (Fsp3) is 0.750. The van der Waals surface area contributed by atoms with E-state index in [1.807, 2.05) is 11.5 Å². The van der Waals surface area contributed by atoms with Gasteiger partial charge in [0.2, 0.25) is 0 Å². The van der Waals surface area contributed by atoms with Gasteiger partial charge < -0.3 is 5.11 Å². The third-order valence-corrected chi connectivity index (χ3v) is 3.72. The summed E-state index contributed by atoms with van der Waals surface area (Å²) in [6.07, 6.45) is 2.72. The van der Waals surface area contributed by atoms with Crippen LogP contribution in [-0.2, 0) is 13.3 Å². The third kappa shape index (κ3) is 3.21. The molecule has 1 aromatic heterocycles. The highest BCUT2D eigenvalue weighted by Crippen LogP contribution is 2.36. The van der Waals surface area contributed by atoms with Gasteiger partial charge >= 0.3 is 0 Å². The van der Waals surface area contributed by atoms with E-state index in [9.17, 15) is 5.11 Å². The Balaban J connectivity index is 2.16. The Bertz CT molecular complexity index is 525. The van der Waals surface area contributed by atoms with Gasteiger partial charge in [0.05, 0.1) is 12.7 Å². The lowest BCUT2D eigenvalue weighted by atomic mass is 10.4. The highest BCUT2D eigenvalue weighted by Gasteiger charge is 2.28. The van der Waals surface area contributed by atoms with Crippen LogP contribution in [0.1, 0.15) is 38.1 Å². The second-order valence-electron chi connectivity index (χ2n) is 4.72. The number of aliphatic hydroxyl groups excluding tert-OH is 1. The first-order valence-electron chi connectivity index (χ1n) is 6.59. The molecule has 1 heterocycles. The molecule has 1 aromatic rings. The minimum absolute atomic E-state index is 0.0859. The molecule has 0 saturated heterocycles. The highest BCUT2D eigenvalue weighted by atomic mass is 32.1. The molecule has 0 aromatic carbocycles. The van der Waals surface area contributed by atoms with E-state index in [4.69, 9.17) is 17.5 Å². The Morgan fingerprint density at radius 1 is 1.58 bits per heavy atom. The maximum atomic E-state index is 9.37. The lowest BCUT2D eigenvalue weighted by Gasteiger charge is -2.18. The first kappa shape index (κ1) is 14.2. The molecule has 0 amide bonds. The molecule has 6 nitrogen and oxygen atoms in total. The van der Waals surface area contributed by atoms with Gasteiger partial charge in [0.1, 0.15) is 6.61 Å². The second-order valence-corrected chi connectivity index (χ2v) is 5.08. The molecule has 104 valence electrons. The molecule has 2 rings (SSSR count). The van der Waals surface area contributed by atoms with Crippen LogP contribution in [-0.4, -0.2) is 37.4 Å². The first-order chi connectivity index (χ1) is 9.21. The van der Waals surface area contributed by atoms with Crippen molar-refractivity contribution in [1.29, 1.82) is 5.26 Å². The molecule has 0 radical (unpaired) electrons. The number of hydrogen-bond donors (Lipinski definition) is 1. The lowest BCUT2D eigenvalue weighted by Crippen LogP contribution is -2.28. The zero-order chi connectivity index (χ0) is 13.8. The van der Waals surface area contributed by atoms with Crippen molar-refractivity contribution in [2.24, 2.45) is 0 Å². The van der Waals surface area contributed by atoms with Gasteiger partial charge in [-0.25, -0.2) is 4.68 Å². The largest absolute Gasteiger partial charge is 0.388 e. The van der Waals surface area contributed by atoms with Gasteiger partial charge in [-0.15, -0.1) is 0 Å². The Morgan fingerprint density at radius 3 is 2.84 bits per heavy atom. The van der Waals surface area contributed by atoms with Crippen molar-refractivity contribution in [1.82, 2.24) is 19.2 Å². The summed E-state index contributed by atoms with van der Waals surface area (Å²) >= 11 is 5.43. The van der Waals surface area contributed by atoms with E-state index in [2.05, 4.69) is 16.1 Å². The van der Waals surface area contributed by atoms with Crippen molar-refractivity contribution in [3.63, 3.8) is 0 Å². The van der Waals surface area contributed by atoms with Gasteiger partial charge in [-0.05, 0) is 31.6 Å². The second kappa shape index (κ2) is 6.28. The van der Waals surface area contributed by atoms with Gasteiger partial charge in [0.15, 0.2) is 10.6 Å². The van der Waals surface area contributed by atoms with E-state index in [0.29, 0.717) is 36.3 Å². The average Bonchev–Trinajstić information content (AvgIpc) is 3.20. The van der Waals surface area contributed by atoms with Crippen LogP contribution >= 0.6 is 12.2 Å².